The molecular formula is C36H50F2N6O8. The Kier molecular flexibility index (Phi) is 13.7. The van der Waals surface area contributed by atoms with E-state index < -0.39 is 103 Å². The third-order valence-corrected chi connectivity index (χ3v) is 9.71. The number of carbonyl (C=O) groups is 7. The SMILES string of the molecule is CC(C)OC(=O)NC(C(=O)N1CCCC1C(=O)NC(CC1CC1(F)F)C(=O)C(=O)NCC(=O)NC(C(=O)N(C)C)c1ccccc1)C1CCCCC1. The Morgan fingerprint density at radius 3 is 2.17 bits per heavy atom. The Hall–Kier alpha value is -4.63. The van der Waals surface area contributed by atoms with Crippen LogP contribution in [0.15, 0.2) is 30.3 Å². The summed E-state index contributed by atoms with van der Waals surface area (Å²) in [6, 6.07) is 3.63. The molecule has 6 amide bonds. The van der Waals surface area contributed by atoms with Crippen molar-refractivity contribution in [2.75, 3.05) is 27.2 Å². The fourth-order valence-corrected chi connectivity index (χ4v) is 6.82. The number of nitrogens with one attached hydrogen (secondary N) is 4. The Morgan fingerprint density at radius 1 is 0.923 bits per heavy atom. The van der Waals surface area contributed by atoms with Gasteiger partial charge in [0.25, 0.3) is 11.8 Å². The molecule has 16 heteroatoms. The van der Waals surface area contributed by atoms with E-state index in [1.165, 1.54) is 23.9 Å². The molecule has 2 aliphatic carbocycles. The Labute approximate surface area is 302 Å². The highest BCUT2D eigenvalue weighted by molar-refractivity contribution is 6.38. The van der Waals surface area contributed by atoms with E-state index in [-0.39, 0.29) is 18.9 Å². The fraction of sp³-hybridized carbons (Fsp3) is 0.639. The summed E-state index contributed by atoms with van der Waals surface area (Å²) in [4.78, 5) is 94.8. The van der Waals surface area contributed by atoms with Gasteiger partial charge in [-0.15, -0.1) is 0 Å². The molecule has 1 aromatic carbocycles. The maximum absolute atomic E-state index is 14.0. The predicted molar refractivity (Wildman–Crippen MR) is 183 cm³/mol. The van der Waals surface area contributed by atoms with E-state index in [1.54, 1.807) is 44.2 Å². The summed E-state index contributed by atoms with van der Waals surface area (Å²) in [5.41, 5.74) is 0.487. The first kappa shape index (κ1) is 40.1. The molecule has 1 saturated heterocycles. The summed E-state index contributed by atoms with van der Waals surface area (Å²) in [5.74, 6) is -9.53. The number of ether oxygens (including phenoxy) is 1. The lowest BCUT2D eigenvalue weighted by Gasteiger charge is -2.34. The summed E-state index contributed by atoms with van der Waals surface area (Å²) in [6.07, 6.45) is 2.56. The molecule has 0 spiro atoms. The maximum Gasteiger partial charge on any atom is 0.408 e. The average molecular weight is 733 g/mol. The minimum absolute atomic E-state index is 0.179. The van der Waals surface area contributed by atoms with Crippen molar-refractivity contribution in [2.45, 2.75) is 108 Å². The second-order valence-electron chi connectivity index (χ2n) is 14.3. The summed E-state index contributed by atoms with van der Waals surface area (Å²) < 4.78 is 33.2. The Balaban J connectivity index is 1.43. The number of hydrogen-bond acceptors (Lipinski definition) is 8. The number of halogens is 2. The molecule has 0 aromatic heterocycles. The number of amides is 6. The highest BCUT2D eigenvalue weighted by atomic mass is 19.3. The van der Waals surface area contributed by atoms with Crippen LogP contribution in [0.2, 0.25) is 0 Å². The lowest BCUT2D eigenvalue weighted by atomic mass is 9.83. The van der Waals surface area contributed by atoms with Crippen LogP contribution in [0.4, 0.5) is 13.6 Å². The molecule has 0 bridgehead atoms. The van der Waals surface area contributed by atoms with Gasteiger partial charge in [0.2, 0.25) is 29.4 Å². The van der Waals surface area contributed by atoms with Gasteiger partial charge >= 0.3 is 6.09 Å². The average Bonchev–Trinajstić information content (AvgIpc) is 3.45. The van der Waals surface area contributed by atoms with Crippen LogP contribution < -0.4 is 21.3 Å². The highest BCUT2D eigenvalue weighted by Crippen LogP contribution is 2.51. The van der Waals surface area contributed by atoms with Gasteiger partial charge in [-0.25, -0.2) is 13.6 Å². The molecule has 4 rings (SSSR count). The summed E-state index contributed by atoms with van der Waals surface area (Å²) >= 11 is 0. The number of benzene rings is 1. The number of likely N-dealkylation sites (tertiary alicyclic amines) is 1. The molecule has 5 atom stereocenters. The first-order valence-electron chi connectivity index (χ1n) is 17.9. The van der Waals surface area contributed by atoms with Crippen LogP contribution in [-0.2, 0) is 33.5 Å². The molecule has 4 N–H and O–H groups in total. The van der Waals surface area contributed by atoms with Crippen molar-refractivity contribution in [2.24, 2.45) is 11.8 Å². The van der Waals surface area contributed by atoms with Crippen LogP contribution in [0.5, 0.6) is 0 Å². The number of Topliss-reactive ketones (excluding diaryl/α,β-unsaturated/α-hetero) is 1. The van der Waals surface area contributed by atoms with E-state index in [0.29, 0.717) is 24.8 Å². The molecule has 14 nitrogen and oxygen atoms in total. The van der Waals surface area contributed by atoms with Crippen molar-refractivity contribution in [3.05, 3.63) is 35.9 Å². The van der Waals surface area contributed by atoms with Gasteiger partial charge in [0.1, 0.15) is 18.1 Å². The number of carbonyl (C=O) groups excluding carboxylic acids is 7. The minimum Gasteiger partial charge on any atom is -0.447 e. The smallest absolute Gasteiger partial charge is 0.408 e. The molecule has 3 aliphatic rings. The van der Waals surface area contributed by atoms with Gasteiger partial charge in [-0.1, -0.05) is 49.6 Å². The van der Waals surface area contributed by atoms with E-state index in [9.17, 15) is 42.3 Å². The zero-order chi connectivity index (χ0) is 38.2. The summed E-state index contributed by atoms with van der Waals surface area (Å²) in [5, 5.41) is 9.85. The highest BCUT2D eigenvalue weighted by Gasteiger charge is 2.58. The van der Waals surface area contributed by atoms with Gasteiger partial charge in [-0.2, -0.15) is 0 Å². The van der Waals surface area contributed by atoms with Crippen LogP contribution in [0.3, 0.4) is 0 Å². The second-order valence-corrected chi connectivity index (χ2v) is 14.3. The Bertz CT molecular complexity index is 1490. The van der Waals surface area contributed by atoms with Crippen LogP contribution >= 0.6 is 0 Å². The maximum atomic E-state index is 14.0. The third kappa shape index (κ3) is 10.7. The van der Waals surface area contributed by atoms with E-state index in [4.69, 9.17) is 4.74 Å². The number of ketones is 1. The van der Waals surface area contributed by atoms with Crippen molar-refractivity contribution in [1.82, 2.24) is 31.1 Å². The van der Waals surface area contributed by atoms with Crippen molar-refractivity contribution < 1.29 is 47.1 Å². The van der Waals surface area contributed by atoms with Crippen LogP contribution in [0.1, 0.15) is 83.2 Å². The molecule has 3 fully saturated rings. The second kappa shape index (κ2) is 17.7. The molecule has 52 heavy (non-hydrogen) atoms. The lowest BCUT2D eigenvalue weighted by molar-refractivity contribution is -0.143. The standard InChI is InChI=1S/C36H50F2N6O8/c1-21(2)52-35(51)42-29(23-14-9-6-10-15-23)34(50)44-17-11-16-26(44)31(47)40-25(18-24-19-36(24,37)38)30(46)32(48)39-20-27(45)41-28(33(49)43(3)4)22-12-7-5-8-13-22/h5,7-8,12-13,21,23-26,28-29H,6,9-11,14-20H2,1-4H3,(H,39,48)(H,40,47)(H,41,45)(H,42,51). The van der Waals surface area contributed by atoms with E-state index in [0.717, 1.165) is 19.3 Å². The van der Waals surface area contributed by atoms with Gasteiger partial charge in [0, 0.05) is 33.0 Å². The topological polar surface area (TPSA) is 183 Å². The monoisotopic (exact) mass is 732 g/mol. The molecule has 5 unspecified atom stereocenters. The molecule has 2 saturated carbocycles. The number of hydrogen-bond donors (Lipinski definition) is 4. The number of likely N-dealkylation sites (N-methyl/N-ethyl adjacent to an activating group) is 1. The minimum atomic E-state index is -3.07. The van der Waals surface area contributed by atoms with Gasteiger partial charge in [0.15, 0.2) is 0 Å². The number of rotatable bonds is 15. The van der Waals surface area contributed by atoms with Crippen molar-refractivity contribution in [3.8, 4) is 0 Å². The molecule has 1 aliphatic heterocycles. The zero-order valence-corrected chi connectivity index (χ0v) is 30.1. The van der Waals surface area contributed by atoms with Crippen LogP contribution in [0.25, 0.3) is 0 Å². The van der Waals surface area contributed by atoms with E-state index in [2.05, 4.69) is 21.3 Å². The predicted octanol–water partition coefficient (Wildman–Crippen LogP) is 2.22. The largest absolute Gasteiger partial charge is 0.447 e. The van der Waals surface area contributed by atoms with Crippen LogP contribution in [-0.4, -0.2) is 109 Å². The van der Waals surface area contributed by atoms with Crippen molar-refractivity contribution >= 4 is 41.4 Å². The third-order valence-electron chi connectivity index (χ3n) is 9.71. The first-order chi connectivity index (χ1) is 24.6. The summed E-state index contributed by atoms with van der Waals surface area (Å²) in [6.45, 7) is 2.83. The Morgan fingerprint density at radius 2 is 1.58 bits per heavy atom. The van der Waals surface area contributed by atoms with Gasteiger partial charge in [0.05, 0.1) is 18.7 Å². The van der Waals surface area contributed by atoms with Crippen molar-refractivity contribution in [3.63, 3.8) is 0 Å². The summed E-state index contributed by atoms with van der Waals surface area (Å²) in [7, 11) is 3.03. The number of nitrogens with zero attached hydrogens (tertiary/aromatic N) is 2. The number of alkyl halides is 2. The van der Waals surface area contributed by atoms with E-state index in [1.807, 2.05) is 0 Å². The van der Waals surface area contributed by atoms with Gasteiger partial charge in [-0.05, 0) is 57.4 Å². The lowest BCUT2D eigenvalue weighted by Crippen LogP contribution is -2.58. The molecule has 1 heterocycles. The molecule has 0 radical (unpaired) electrons. The van der Waals surface area contributed by atoms with Crippen molar-refractivity contribution in [1.29, 1.82) is 0 Å². The molecular weight excluding hydrogens is 682 g/mol. The zero-order valence-electron chi connectivity index (χ0n) is 30.1. The van der Waals surface area contributed by atoms with Gasteiger partial charge < -0.3 is 35.8 Å². The number of alkyl carbamates (subject to hydrolysis) is 1. The van der Waals surface area contributed by atoms with Crippen LogP contribution in [0, 0.1) is 11.8 Å². The van der Waals surface area contributed by atoms with E-state index >= 15 is 0 Å². The fourth-order valence-electron chi connectivity index (χ4n) is 6.82. The normalized spacial score (nSPS) is 21.2. The first-order valence-corrected chi connectivity index (χ1v) is 17.9. The molecule has 1 aromatic rings. The molecule has 286 valence electrons. The van der Waals surface area contributed by atoms with Gasteiger partial charge in [-0.3, -0.25) is 28.8 Å². The quantitative estimate of drug-likeness (QED) is 0.198.